The first-order chi connectivity index (χ1) is 11.0. The van der Waals surface area contributed by atoms with Gasteiger partial charge < -0.3 is 10.2 Å². The molecule has 0 aromatic heterocycles. The van der Waals surface area contributed by atoms with Gasteiger partial charge in [0, 0.05) is 38.6 Å². The summed E-state index contributed by atoms with van der Waals surface area (Å²) >= 11 is 19.9. The van der Waals surface area contributed by atoms with Crippen molar-refractivity contribution in [2.75, 3.05) is 17.6 Å². The summed E-state index contributed by atoms with van der Waals surface area (Å²) in [6.07, 6.45) is 0. The highest BCUT2D eigenvalue weighted by atomic mass is 35.5. The van der Waals surface area contributed by atoms with E-state index in [0.29, 0.717) is 27.3 Å². The highest BCUT2D eigenvalue weighted by Crippen LogP contribution is 2.41. The highest BCUT2D eigenvalue weighted by molar-refractivity contribution is 7.99. The van der Waals surface area contributed by atoms with Gasteiger partial charge >= 0.3 is 6.03 Å². The average Bonchev–Trinajstić information content (AvgIpc) is 2.96. The van der Waals surface area contributed by atoms with E-state index in [1.807, 2.05) is 6.07 Å². The number of rotatable bonds is 2. The predicted molar refractivity (Wildman–Crippen MR) is 98.8 cm³/mol. The second-order valence-corrected chi connectivity index (χ2v) is 7.49. The molecule has 0 radical (unpaired) electrons. The number of nitrogens with zero attached hydrogens (tertiary/aromatic N) is 1. The zero-order valence-corrected chi connectivity index (χ0v) is 15.0. The van der Waals surface area contributed by atoms with E-state index >= 15 is 0 Å². The molecule has 1 atom stereocenters. The Morgan fingerprint density at radius 3 is 2.65 bits per heavy atom. The first kappa shape index (κ1) is 16.8. The van der Waals surface area contributed by atoms with Crippen LogP contribution in [0.25, 0.3) is 0 Å². The first-order valence-corrected chi connectivity index (χ1v) is 9.12. The summed E-state index contributed by atoms with van der Waals surface area (Å²) in [5.41, 5.74) is 1.56. The molecule has 2 aromatic rings. The molecule has 0 unspecified atom stereocenters. The summed E-state index contributed by atoms with van der Waals surface area (Å²) in [5, 5.41) is 4.48. The van der Waals surface area contributed by atoms with Crippen LogP contribution in [0.15, 0.2) is 42.5 Å². The Labute approximate surface area is 153 Å². The fourth-order valence-electron chi connectivity index (χ4n) is 2.40. The van der Waals surface area contributed by atoms with Gasteiger partial charge in [0.15, 0.2) is 0 Å². The number of thioether (sulfide) groups is 1. The van der Waals surface area contributed by atoms with E-state index in [-0.39, 0.29) is 11.4 Å². The van der Waals surface area contributed by atoms with Crippen molar-refractivity contribution in [3.63, 3.8) is 0 Å². The second kappa shape index (κ2) is 7.22. The molecule has 120 valence electrons. The van der Waals surface area contributed by atoms with Crippen LogP contribution in [-0.4, -0.2) is 23.2 Å². The van der Waals surface area contributed by atoms with Gasteiger partial charge in [-0.15, -0.1) is 11.8 Å². The lowest BCUT2D eigenvalue weighted by molar-refractivity contribution is 0.214. The molecule has 0 spiro atoms. The maximum absolute atomic E-state index is 12.6. The molecule has 3 nitrogen and oxygen atoms in total. The van der Waals surface area contributed by atoms with Gasteiger partial charge in [0.25, 0.3) is 0 Å². The number of hydrogen-bond donors (Lipinski definition) is 1. The van der Waals surface area contributed by atoms with Crippen molar-refractivity contribution in [3.05, 3.63) is 63.1 Å². The van der Waals surface area contributed by atoms with Crippen LogP contribution < -0.4 is 5.32 Å². The van der Waals surface area contributed by atoms with E-state index in [2.05, 4.69) is 5.32 Å². The number of hydrogen-bond acceptors (Lipinski definition) is 2. The number of halogens is 3. The van der Waals surface area contributed by atoms with E-state index in [0.717, 1.165) is 11.3 Å². The number of anilines is 1. The molecule has 1 N–H and O–H groups in total. The molecule has 3 rings (SSSR count). The van der Waals surface area contributed by atoms with E-state index in [4.69, 9.17) is 34.8 Å². The second-order valence-electron chi connectivity index (χ2n) is 5.02. The van der Waals surface area contributed by atoms with Crippen molar-refractivity contribution in [1.82, 2.24) is 4.90 Å². The van der Waals surface area contributed by atoms with Crippen molar-refractivity contribution >= 4 is 58.3 Å². The van der Waals surface area contributed by atoms with Crippen LogP contribution in [0.4, 0.5) is 10.5 Å². The van der Waals surface area contributed by atoms with Gasteiger partial charge in [-0.3, -0.25) is 0 Å². The molecule has 2 amide bonds. The molecule has 23 heavy (non-hydrogen) atoms. The van der Waals surface area contributed by atoms with E-state index in [1.165, 1.54) is 0 Å². The Hall–Kier alpha value is -1.07. The third-order valence-corrected chi connectivity index (χ3v) is 5.50. The van der Waals surface area contributed by atoms with Gasteiger partial charge in [0.1, 0.15) is 5.37 Å². The van der Waals surface area contributed by atoms with Crippen LogP contribution >= 0.6 is 46.6 Å². The maximum atomic E-state index is 12.6. The Morgan fingerprint density at radius 2 is 1.91 bits per heavy atom. The van der Waals surface area contributed by atoms with E-state index < -0.39 is 0 Å². The van der Waals surface area contributed by atoms with Gasteiger partial charge in [0.05, 0.1) is 0 Å². The number of carbonyl (C=O) groups is 1. The summed E-state index contributed by atoms with van der Waals surface area (Å²) in [4.78, 5) is 14.3. The van der Waals surface area contributed by atoms with Crippen LogP contribution in [0.3, 0.4) is 0 Å². The summed E-state index contributed by atoms with van der Waals surface area (Å²) in [5.74, 6) is 0.854. The molecule has 1 aliphatic rings. The Balaban J connectivity index is 1.79. The highest BCUT2D eigenvalue weighted by Gasteiger charge is 2.32. The van der Waals surface area contributed by atoms with Crippen LogP contribution in [0.1, 0.15) is 10.9 Å². The molecule has 1 saturated heterocycles. The smallest absolute Gasteiger partial charge is 0.308 e. The van der Waals surface area contributed by atoms with Crippen molar-refractivity contribution in [1.29, 1.82) is 0 Å². The van der Waals surface area contributed by atoms with Crippen LogP contribution in [0.2, 0.25) is 15.1 Å². The number of benzene rings is 2. The van der Waals surface area contributed by atoms with Gasteiger partial charge in [-0.2, -0.15) is 0 Å². The minimum absolute atomic E-state index is 0.126. The van der Waals surface area contributed by atoms with Crippen molar-refractivity contribution in [2.45, 2.75) is 5.37 Å². The Morgan fingerprint density at radius 1 is 1.13 bits per heavy atom. The third-order valence-electron chi connectivity index (χ3n) is 3.46. The zero-order chi connectivity index (χ0) is 16.4. The minimum atomic E-state index is -0.173. The van der Waals surface area contributed by atoms with Crippen molar-refractivity contribution in [2.24, 2.45) is 0 Å². The lowest BCUT2D eigenvalue weighted by Crippen LogP contribution is -2.34. The quantitative estimate of drug-likeness (QED) is 0.693. The summed E-state index contributed by atoms with van der Waals surface area (Å²) in [6.45, 7) is 0.653. The fraction of sp³-hybridized carbons (Fsp3) is 0.188. The lowest BCUT2D eigenvalue weighted by atomic mass is 10.2. The molecule has 0 aliphatic carbocycles. The van der Waals surface area contributed by atoms with Crippen LogP contribution in [0, 0.1) is 0 Å². The van der Waals surface area contributed by atoms with E-state index in [1.54, 1.807) is 53.1 Å². The number of nitrogens with one attached hydrogen (secondary N) is 1. The fourth-order valence-corrected chi connectivity index (χ4v) is 4.46. The van der Waals surface area contributed by atoms with Crippen LogP contribution in [-0.2, 0) is 0 Å². The number of urea groups is 1. The Bertz CT molecular complexity index is 741. The molecule has 1 aliphatic heterocycles. The maximum Gasteiger partial charge on any atom is 0.323 e. The zero-order valence-electron chi connectivity index (χ0n) is 11.9. The third kappa shape index (κ3) is 3.89. The standard InChI is InChI=1S/C16H13Cl3N2OS/c17-10-2-1-3-12(8-10)20-16(22)21-6-7-23-15(21)13-5-4-11(18)9-14(13)19/h1-5,8-9,15H,6-7H2,(H,20,22)/t15-/m0/s1. The summed E-state index contributed by atoms with van der Waals surface area (Å²) in [7, 11) is 0. The Kier molecular flexibility index (Phi) is 5.27. The van der Waals surface area contributed by atoms with Gasteiger partial charge in [-0.1, -0.05) is 46.9 Å². The van der Waals surface area contributed by atoms with Gasteiger partial charge in [-0.25, -0.2) is 4.79 Å². The van der Waals surface area contributed by atoms with Crippen LogP contribution in [0.5, 0.6) is 0 Å². The lowest BCUT2D eigenvalue weighted by Gasteiger charge is -2.25. The topological polar surface area (TPSA) is 32.3 Å². The first-order valence-electron chi connectivity index (χ1n) is 6.94. The predicted octanol–water partition coefficient (Wildman–Crippen LogP) is 5.93. The van der Waals surface area contributed by atoms with Gasteiger partial charge in [-0.05, 0) is 30.3 Å². The summed E-state index contributed by atoms with van der Waals surface area (Å²) in [6, 6.07) is 12.3. The number of carbonyl (C=O) groups excluding carboxylic acids is 1. The average molecular weight is 388 g/mol. The van der Waals surface area contributed by atoms with E-state index in [9.17, 15) is 4.79 Å². The molecular weight excluding hydrogens is 375 g/mol. The molecule has 7 heteroatoms. The molecule has 0 saturated carbocycles. The van der Waals surface area contributed by atoms with Gasteiger partial charge in [0.2, 0.25) is 0 Å². The molecule has 2 aromatic carbocycles. The monoisotopic (exact) mass is 386 g/mol. The normalized spacial score (nSPS) is 17.3. The van der Waals surface area contributed by atoms with Crippen molar-refractivity contribution in [3.8, 4) is 0 Å². The molecular formula is C16H13Cl3N2OS. The summed E-state index contributed by atoms with van der Waals surface area (Å²) < 4.78 is 0. The SMILES string of the molecule is O=C(Nc1cccc(Cl)c1)N1CCS[C@H]1c1ccc(Cl)cc1Cl. The minimum Gasteiger partial charge on any atom is -0.308 e. The molecule has 1 fully saturated rings. The van der Waals surface area contributed by atoms with Crippen molar-refractivity contribution < 1.29 is 4.79 Å². The molecule has 0 bridgehead atoms. The number of amides is 2. The molecule has 1 heterocycles. The largest absolute Gasteiger partial charge is 0.323 e.